The average molecular weight is 245 g/mol. The van der Waals surface area contributed by atoms with Gasteiger partial charge >= 0.3 is 5.97 Å². The lowest BCUT2D eigenvalue weighted by Gasteiger charge is -2.03. The summed E-state index contributed by atoms with van der Waals surface area (Å²) in [6, 6.07) is 1.05. The van der Waals surface area contributed by atoms with Gasteiger partial charge < -0.3 is 4.74 Å². The average Bonchev–Trinajstić information content (AvgIpc) is 2.26. The summed E-state index contributed by atoms with van der Waals surface area (Å²) in [5, 5.41) is 10.4. The van der Waals surface area contributed by atoms with Crippen LogP contribution in [0, 0.1) is 10.1 Å². The quantitative estimate of drug-likeness (QED) is 0.351. The molecule has 0 N–H and O–H groups in total. The van der Waals surface area contributed by atoms with Crippen LogP contribution in [0.1, 0.15) is 23.7 Å². The molecule has 0 saturated heterocycles. The molecule has 0 aliphatic carbocycles. The minimum atomic E-state index is -0.706. The Hall–Kier alpha value is -1.69. The summed E-state index contributed by atoms with van der Waals surface area (Å²) in [5.41, 5.74) is -0.392. The molecule has 0 radical (unpaired) electrons. The van der Waals surface area contributed by atoms with E-state index >= 15 is 0 Å². The molecule has 16 heavy (non-hydrogen) atoms. The summed E-state index contributed by atoms with van der Waals surface area (Å²) >= 11 is 5.64. The van der Waals surface area contributed by atoms with Crippen LogP contribution in [0.4, 0.5) is 5.69 Å². The first-order valence-corrected chi connectivity index (χ1v) is 4.91. The zero-order chi connectivity index (χ0) is 12.1. The van der Waals surface area contributed by atoms with Gasteiger partial charge in [-0.2, -0.15) is 0 Å². The van der Waals surface area contributed by atoms with Gasteiger partial charge in [0.15, 0.2) is 0 Å². The first-order chi connectivity index (χ1) is 7.56. The molecule has 1 heterocycles. The first kappa shape index (κ1) is 12.4. The molecule has 0 aliphatic rings. The highest BCUT2D eigenvalue weighted by atomic mass is 35.5. The molecule has 1 aromatic heterocycles. The number of carbonyl (C=O) groups excluding carboxylic acids is 1. The Balaban J connectivity index is 2.97. The van der Waals surface area contributed by atoms with E-state index in [0.717, 1.165) is 12.3 Å². The Morgan fingerprint density at radius 3 is 2.94 bits per heavy atom. The van der Waals surface area contributed by atoms with Crippen LogP contribution < -0.4 is 0 Å². The molecule has 0 amide bonds. The second-order valence-electron chi connectivity index (χ2n) is 2.92. The van der Waals surface area contributed by atoms with E-state index in [1.165, 1.54) is 0 Å². The van der Waals surface area contributed by atoms with Crippen LogP contribution in [0.15, 0.2) is 12.3 Å². The van der Waals surface area contributed by atoms with E-state index in [-0.39, 0.29) is 23.0 Å². The number of hydrogen-bond acceptors (Lipinski definition) is 5. The van der Waals surface area contributed by atoms with Crippen molar-refractivity contribution in [2.45, 2.75) is 13.3 Å². The van der Waals surface area contributed by atoms with E-state index < -0.39 is 10.9 Å². The molecule has 1 aromatic rings. The normalized spacial score (nSPS) is 9.88. The smallest absolute Gasteiger partial charge is 0.341 e. The number of halogens is 1. The summed E-state index contributed by atoms with van der Waals surface area (Å²) in [6.45, 7) is 2.07. The summed E-state index contributed by atoms with van der Waals surface area (Å²) in [6.07, 6.45) is 1.64. The Kier molecular flexibility index (Phi) is 4.19. The van der Waals surface area contributed by atoms with Gasteiger partial charge in [-0.1, -0.05) is 18.5 Å². The van der Waals surface area contributed by atoms with Gasteiger partial charge in [-0.05, 0) is 6.42 Å². The highest BCUT2D eigenvalue weighted by Crippen LogP contribution is 2.19. The van der Waals surface area contributed by atoms with Crippen LogP contribution in [0.2, 0.25) is 5.15 Å². The molecule has 0 aromatic carbocycles. The van der Waals surface area contributed by atoms with Crippen molar-refractivity contribution in [1.29, 1.82) is 0 Å². The van der Waals surface area contributed by atoms with Gasteiger partial charge in [-0.15, -0.1) is 0 Å². The number of nitro groups is 1. The van der Waals surface area contributed by atoms with E-state index in [4.69, 9.17) is 16.3 Å². The van der Waals surface area contributed by atoms with Gasteiger partial charge in [0.05, 0.1) is 11.5 Å². The summed E-state index contributed by atoms with van der Waals surface area (Å²) in [5.74, 6) is -0.706. The fourth-order valence-corrected chi connectivity index (χ4v) is 1.13. The lowest BCUT2D eigenvalue weighted by Crippen LogP contribution is -2.08. The third kappa shape index (κ3) is 2.90. The summed E-state index contributed by atoms with van der Waals surface area (Å²) in [7, 11) is 0. The van der Waals surface area contributed by atoms with Crippen molar-refractivity contribution in [3.63, 3.8) is 0 Å². The largest absolute Gasteiger partial charge is 0.462 e. The maximum atomic E-state index is 11.4. The molecule has 7 heteroatoms. The van der Waals surface area contributed by atoms with E-state index in [1.807, 2.05) is 6.92 Å². The Morgan fingerprint density at radius 1 is 1.69 bits per heavy atom. The van der Waals surface area contributed by atoms with Crippen molar-refractivity contribution >= 4 is 23.3 Å². The molecular formula is C9H9ClN2O4. The second-order valence-corrected chi connectivity index (χ2v) is 3.28. The predicted molar refractivity (Wildman–Crippen MR) is 56.5 cm³/mol. The van der Waals surface area contributed by atoms with E-state index in [0.29, 0.717) is 6.42 Å². The topological polar surface area (TPSA) is 82.3 Å². The van der Waals surface area contributed by atoms with Crippen molar-refractivity contribution in [3.05, 3.63) is 33.1 Å². The fourth-order valence-electron chi connectivity index (χ4n) is 0.953. The number of nitrogens with zero attached hydrogens (tertiary/aromatic N) is 2. The number of rotatable bonds is 4. The minimum Gasteiger partial charge on any atom is -0.462 e. The number of aromatic nitrogens is 1. The molecule has 0 aliphatic heterocycles. The SMILES string of the molecule is CCCOC(=O)c1cc([N+](=O)[O-])cnc1Cl. The van der Waals surface area contributed by atoms with Gasteiger partial charge in [-0.25, -0.2) is 9.78 Å². The highest BCUT2D eigenvalue weighted by Gasteiger charge is 2.17. The molecule has 0 atom stereocenters. The van der Waals surface area contributed by atoms with Crippen LogP contribution in [0.5, 0.6) is 0 Å². The van der Waals surface area contributed by atoms with Gasteiger partial charge in [0, 0.05) is 6.07 Å². The van der Waals surface area contributed by atoms with Crippen molar-refractivity contribution in [2.75, 3.05) is 6.61 Å². The summed E-state index contributed by atoms with van der Waals surface area (Å²) < 4.78 is 4.81. The number of carbonyl (C=O) groups is 1. The highest BCUT2D eigenvalue weighted by molar-refractivity contribution is 6.32. The number of ether oxygens (including phenoxy) is 1. The van der Waals surface area contributed by atoms with Crippen molar-refractivity contribution in [3.8, 4) is 0 Å². The Labute approximate surface area is 96.3 Å². The van der Waals surface area contributed by atoms with Crippen molar-refractivity contribution < 1.29 is 14.5 Å². The standard InChI is InChI=1S/C9H9ClN2O4/c1-2-3-16-9(13)7-4-6(12(14)15)5-11-8(7)10/h4-5H,2-3H2,1H3. The van der Waals surface area contributed by atoms with E-state index in [9.17, 15) is 14.9 Å². The van der Waals surface area contributed by atoms with Crippen LogP contribution in [0.25, 0.3) is 0 Å². The van der Waals surface area contributed by atoms with Crippen LogP contribution in [0.3, 0.4) is 0 Å². The molecule has 0 saturated carbocycles. The number of pyridine rings is 1. The minimum absolute atomic E-state index is 0.0932. The molecule has 0 bridgehead atoms. The number of esters is 1. The van der Waals surface area contributed by atoms with Crippen LogP contribution in [-0.2, 0) is 4.74 Å². The molecule has 1 rings (SSSR count). The van der Waals surface area contributed by atoms with Gasteiger partial charge in [0.25, 0.3) is 5.69 Å². The maximum absolute atomic E-state index is 11.4. The zero-order valence-corrected chi connectivity index (χ0v) is 9.23. The molecule has 86 valence electrons. The van der Waals surface area contributed by atoms with Crippen LogP contribution >= 0.6 is 11.6 Å². The van der Waals surface area contributed by atoms with Gasteiger partial charge in [-0.3, -0.25) is 10.1 Å². The third-order valence-corrected chi connectivity index (χ3v) is 1.99. The van der Waals surface area contributed by atoms with Crippen LogP contribution in [-0.4, -0.2) is 22.5 Å². The third-order valence-electron chi connectivity index (χ3n) is 1.69. The Morgan fingerprint density at radius 2 is 2.38 bits per heavy atom. The lowest BCUT2D eigenvalue weighted by molar-refractivity contribution is -0.385. The summed E-state index contributed by atoms with van der Waals surface area (Å²) in [4.78, 5) is 24.8. The molecule has 0 fully saturated rings. The number of hydrogen-bond donors (Lipinski definition) is 0. The predicted octanol–water partition coefficient (Wildman–Crippen LogP) is 2.21. The molecule has 0 unspecified atom stereocenters. The van der Waals surface area contributed by atoms with Gasteiger partial charge in [0.1, 0.15) is 16.9 Å². The van der Waals surface area contributed by atoms with Gasteiger partial charge in [0.2, 0.25) is 0 Å². The first-order valence-electron chi connectivity index (χ1n) is 4.53. The maximum Gasteiger partial charge on any atom is 0.341 e. The molecule has 0 spiro atoms. The molecular weight excluding hydrogens is 236 g/mol. The van der Waals surface area contributed by atoms with Crippen molar-refractivity contribution in [2.24, 2.45) is 0 Å². The lowest BCUT2D eigenvalue weighted by atomic mass is 10.2. The monoisotopic (exact) mass is 244 g/mol. The fraction of sp³-hybridized carbons (Fsp3) is 0.333. The Bertz CT molecular complexity index is 422. The van der Waals surface area contributed by atoms with E-state index in [2.05, 4.69) is 4.98 Å². The second kappa shape index (κ2) is 5.41. The zero-order valence-electron chi connectivity index (χ0n) is 8.47. The molecule has 6 nitrogen and oxygen atoms in total. The van der Waals surface area contributed by atoms with E-state index in [1.54, 1.807) is 0 Å². The van der Waals surface area contributed by atoms with Crippen molar-refractivity contribution in [1.82, 2.24) is 4.98 Å².